The molecule has 6 nitrogen and oxygen atoms in total. The van der Waals surface area contributed by atoms with Gasteiger partial charge in [0.15, 0.2) is 0 Å². The number of imide groups is 1. The third kappa shape index (κ3) is 1.90. The van der Waals surface area contributed by atoms with E-state index in [-0.39, 0.29) is 11.9 Å². The number of amides is 3. The van der Waals surface area contributed by atoms with Gasteiger partial charge in [0.2, 0.25) is 0 Å². The van der Waals surface area contributed by atoms with Gasteiger partial charge >= 0.3 is 6.03 Å². The van der Waals surface area contributed by atoms with E-state index in [1.165, 1.54) is 4.90 Å². The molecule has 0 aromatic carbocycles. The van der Waals surface area contributed by atoms with Gasteiger partial charge in [0.25, 0.3) is 5.91 Å². The van der Waals surface area contributed by atoms with E-state index in [0.29, 0.717) is 5.56 Å². The summed E-state index contributed by atoms with van der Waals surface area (Å²) in [6, 6.07) is -0.966. The second-order valence-electron chi connectivity index (χ2n) is 5.17. The van der Waals surface area contributed by atoms with Crippen molar-refractivity contribution in [2.24, 2.45) is 7.05 Å². The first kappa shape index (κ1) is 11.6. The van der Waals surface area contributed by atoms with Gasteiger partial charge < -0.3 is 5.32 Å². The van der Waals surface area contributed by atoms with Crippen LogP contribution >= 0.6 is 0 Å². The third-order valence-electron chi connectivity index (χ3n) is 2.67. The topological polar surface area (TPSA) is 67.2 Å². The van der Waals surface area contributed by atoms with E-state index in [0.717, 1.165) is 0 Å². The van der Waals surface area contributed by atoms with Gasteiger partial charge in [-0.1, -0.05) is 0 Å². The molecule has 1 aliphatic rings. The molecule has 1 unspecified atom stereocenters. The average Bonchev–Trinajstić information content (AvgIpc) is 2.69. The number of rotatable bonds is 1. The van der Waals surface area contributed by atoms with Crippen molar-refractivity contribution in [2.75, 3.05) is 0 Å². The van der Waals surface area contributed by atoms with Crippen LogP contribution in [-0.2, 0) is 11.8 Å². The minimum Gasteiger partial charge on any atom is -0.322 e. The number of nitrogens with one attached hydrogen (secondary N) is 1. The Labute approximate surface area is 99.6 Å². The lowest BCUT2D eigenvalue weighted by Crippen LogP contribution is -2.45. The maximum absolute atomic E-state index is 12.2. The molecule has 1 saturated heterocycles. The fraction of sp³-hybridized carbons (Fsp3) is 0.545. The number of aryl methyl sites for hydroxylation is 1. The molecule has 1 aliphatic heterocycles. The van der Waals surface area contributed by atoms with E-state index in [1.807, 2.05) is 20.8 Å². The number of carbonyl (C=O) groups excluding carboxylic acids is 2. The van der Waals surface area contributed by atoms with Crippen LogP contribution < -0.4 is 5.32 Å². The van der Waals surface area contributed by atoms with Gasteiger partial charge in [0.1, 0.15) is 6.04 Å². The fourth-order valence-electron chi connectivity index (χ4n) is 1.93. The summed E-state index contributed by atoms with van der Waals surface area (Å²) in [5, 5.41) is 6.68. The number of nitrogens with zero attached hydrogens (tertiary/aromatic N) is 3. The average molecular weight is 236 g/mol. The van der Waals surface area contributed by atoms with Crippen LogP contribution in [0, 0.1) is 0 Å². The Morgan fingerprint density at radius 2 is 2.00 bits per heavy atom. The highest BCUT2D eigenvalue weighted by Crippen LogP contribution is 2.27. The highest BCUT2D eigenvalue weighted by atomic mass is 16.2. The predicted octanol–water partition coefficient (Wildman–Crippen LogP) is 0.811. The summed E-state index contributed by atoms with van der Waals surface area (Å²) in [4.78, 5) is 25.2. The summed E-state index contributed by atoms with van der Waals surface area (Å²) >= 11 is 0. The molecule has 1 fully saturated rings. The predicted molar refractivity (Wildman–Crippen MR) is 61.1 cm³/mol. The highest BCUT2D eigenvalue weighted by Gasteiger charge is 2.44. The molecule has 1 aromatic rings. The van der Waals surface area contributed by atoms with Gasteiger partial charge in [0, 0.05) is 24.3 Å². The van der Waals surface area contributed by atoms with Crippen LogP contribution in [0.2, 0.25) is 0 Å². The van der Waals surface area contributed by atoms with Crippen LogP contribution in [0.3, 0.4) is 0 Å². The Balaban J connectivity index is 2.31. The molecular formula is C11H16N4O2. The summed E-state index contributed by atoms with van der Waals surface area (Å²) in [6.45, 7) is 5.49. The smallest absolute Gasteiger partial charge is 0.322 e. The molecule has 1 atom stereocenters. The maximum atomic E-state index is 12.2. The normalized spacial score (nSPS) is 20.9. The fourth-order valence-corrected chi connectivity index (χ4v) is 1.93. The maximum Gasteiger partial charge on any atom is 0.325 e. The number of hydrogen-bond acceptors (Lipinski definition) is 3. The SMILES string of the molecule is Cn1cc(C2NC(=O)N(C(C)(C)C)C2=O)cn1. The molecule has 0 aliphatic carbocycles. The summed E-state index contributed by atoms with van der Waals surface area (Å²) < 4.78 is 1.61. The third-order valence-corrected chi connectivity index (χ3v) is 2.67. The van der Waals surface area contributed by atoms with Gasteiger partial charge in [-0.15, -0.1) is 0 Å². The molecule has 1 N–H and O–H groups in total. The molecule has 2 heterocycles. The zero-order valence-corrected chi connectivity index (χ0v) is 10.4. The summed E-state index contributed by atoms with van der Waals surface area (Å²) in [7, 11) is 1.77. The lowest BCUT2D eigenvalue weighted by atomic mass is 10.1. The Hall–Kier alpha value is -1.85. The first-order valence-electron chi connectivity index (χ1n) is 5.44. The van der Waals surface area contributed by atoms with E-state index >= 15 is 0 Å². The monoisotopic (exact) mass is 236 g/mol. The highest BCUT2D eigenvalue weighted by molar-refractivity contribution is 6.05. The van der Waals surface area contributed by atoms with Crippen molar-refractivity contribution in [3.63, 3.8) is 0 Å². The van der Waals surface area contributed by atoms with Crippen LogP contribution in [0.4, 0.5) is 4.79 Å². The largest absolute Gasteiger partial charge is 0.325 e. The standard InChI is InChI=1S/C11H16N4O2/c1-11(2,3)15-9(16)8(13-10(15)17)7-5-12-14(4)6-7/h5-6,8H,1-4H3,(H,13,17). The van der Waals surface area contributed by atoms with Crippen molar-refractivity contribution in [3.05, 3.63) is 18.0 Å². The Morgan fingerprint density at radius 3 is 2.41 bits per heavy atom. The van der Waals surface area contributed by atoms with Gasteiger partial charge in [0.05, 0.1) is 6.20 Å². The van der Waals surface area contributed by atoms with Gasteiger partial charge in [-0.05, 0) is 20.8 Å². The van der Waals surface area contributed by atoms with Crippen LogP contribution in [0.15, 0.2) is 12.4 Å². The lowest BCUT2D eigenvalue weighted by Gasteiger charge is -2.28. The minimum absolute atomic E-state index is 0.226. The molecule has 0 radical (unpaired) electrons. The quantitative estimate of drug-likeness (QED) is 0.734. The zero-order valence-electron chi connectivity index (χ0n) is 10.4. The molecule has 3 amide bonds. The minimum atomic E-state index is -0.615. The van der Waals surface area contributed by atoms with Crippen LogP contribution in [0.1, 0.15) is 32.4 Å². The molecule has 17 heavy (non-hydrogen) atoms. The van der Waals surface area contributed by atoms with Crippen LogP contribution in [0.25, 0.3) is 0 Å². The second kappa shape index (κ2) is 3.58. The first-order valence-corrected chi connectivity index (χ1v) is 5.44. The van der Waals surface area contributed by atoms with E-state index in [2.05, 4.69) is 10.4 Å². The molecule has 2 rings (SSSR count). The Kier molecular flexibility index (Phi) is 2.45. The van der Waals surface area contributed by atoms with Crippen molar-refractivity contribution in [1.29, 1.82) is 0 Å². The number of hydrogen-bond donors (Lipinski definition) is 1. The molecule has 0 spiro atoms. The van der Waals surface area contributed by atoms with E-state index in [1.54, 1.807) is 24.1 Å². The van der Waals surface area contributed by atoms with Crippen molar-refractivity contribution in [1.82, 2.24) is 20.0 Å². The van der Waals surface area contributed by atoms with E-state index in [4.69, 9.17) is 0 Å². The summed E-state index contributed by atoms with van der Waals surface area (Å²) in [6.07, 6.45) is 3.32. The molecule has 6 heteroatoms. The van der Waals surface area contributed by atoms with Crippen LogP contribution in [-0.4, -0.2) is 32.2 Å². The van der Waals surface area contributed by atoms with Crippen molar-refractivity contribution < 1.29 is 9.59 Å². The second-order valence-corrected chi connectivity index (χ2v) is 5.17. The molecule has 0 bridgehead atoms. The molecule has 1 aromatic heterocycles. The Morgan fingerprint density at radius 1 is 1.35 bits per heavy atom. The number of carbonyl (C=O) groups is 2. The molecule has 92 valence electrons. The van der Waals surface area contributed by atoms with Gasteiger partial charge in [-0.3, -0.25) is 14.4 Å². The van der Waals surface area contributed by atoms with E-state index < -0.39 is 11.6 Å². The number of aromatic nitrogens is 2. The number of urea groups is 1. The van der Waals surface area contributed by atoms with Crippen molar-refractivity contribution >= 4 is 11.9 Å². The van der Waals surface area contributed by atoms with Gasteiger partial charge in [-0.25, -0.2) is 4.79 Å². The van der Waals surface area contributed by atoms with E-state index in [9.17, 15) is 9.59 Å². The first-order chi connectivity index (χ1) is 7.80. The van der Waals surface area contributed by atoms with Crippen molar-refractivity contribution in [2.45, 2.75) is 32.4 Å². The summed E-state index contributed by atoms with van der Waals surface area (Å²) in [5.74, 6) is -0.226. The van der Waals surface area contributed by atoms with Crippen molar-refractivity contribution in [3.8, 4) is 0 Å². The summed E-state index contributed by atoms with van der Waals surface area (Å²) in [5.41, 5.74) is 0.190. The van der Waals surface area contributed by atoms with Crippen LogP contribution in [0.5, 0.6) is 0 Å². The Bertz CT molecular complexity index is 472. The van der Waals surface area contributed by atoms with Gasteiger partial charge in [-0.2, -0.15) is 5.10 Å². The zero-order chi connectivity index (χ0) is 12.8. The molecular weight excluding hydrogens is 220 g/mol. The molecule has 0 saturated carbocycles. The lowest BCUT2D eigenvalue weighted by molar-refractivity contribution is -0.130.